The topological polar surface area (TPSA) is 78.7 Å². The van der Waals surface area contributed by atoms with E-state index in [1.165, 1.54) is 12.1 Å². The number of hydrogen-bond donors (Lipinski definition) is 1. The zero-order chi connectivity index (χ0) is 18.7. The minimum absolute atomic E-state index is 0.0836. The maximum atomic E-state index is 12.5. The fourth-order valence-electron chi connectivity index (χ4n) is 3.02. The fourth-order valence-corrected chi connectivity index (χ4v) is 3.02. The number of urea groups is 1. The zero-order valence-electron chi connectivity index (χ0n) is 14.9. The van der Waals surface area contributed by atoms with Crippen molar-refractivity contribution in [1.29, 1.82) is 0 Å². The number of anilines is 2. The van der Waals surface area contributed by atoms with E-state index in [-0.39, 0.29) is 11.7 Å². The number of nitro groups is 1. The highest BCUT2D eigenvalue weighted by Crippen LogP contribution is 2.21. The van der Waals surface area contributed by atoms with Crippen molar-refractivity contribution in [3.63, 3.8) is 0 Å². The summed E-state index contributed by atoms with van der Waals surface area (Å²) in [5.74, 6) is 0. The van der Waals surface area contributed by atoms with Crippen LogP contribution < -0.4 is 10.2 Å². The van der Waals surface area contributed by atoms with Gasteiger partial charge in [0.2, 0.25) is 0 Å². The van der Waals surface area contributed by atoms with Crippen molar-refractivity contribution in [3.05, 3.63) is 63.7 Å². The number of benzene rings is 2. The van der Waals surface area contributed by atoms with Crippen LogP contribution >= 0.6 is 0 Å². The molecule has 0 spiro atoms. The lowest BCUT2D eigenvalue weighted by molar-refractivity contribution is -0.384. The number of hydrogen-bond acceptors (Lipinski definition) is 4. The predicted molar refractivity (Wildman–Crippen MR) is 102 cm³/mol. The molecule has 7 nitrogen and oxygen atoms in total. The van der Waals surface area contributed by atoms with E-state index in [4.69, 9.17) is 0 Å². The van der Waals surface area contributed by atoms with Crippen molar-refractivity contribution in [3.8, 4) is 0 Å². The Morgan fingerprint density at radius 3 is 2.31 bits per heavy atom. The van der Waals surface area contributed by atoms with Gasteiger partial charge >= 0.3 is 6.03 Å². The van der Waals surface area contributed by atoms with Gasteiger partial charge in [-0.15, -0.1) is 0 Å². The quantitative estimate of drug-likeness (QED) is 0.675. The van der Waals surface area contributed by atoms with Crippen LogP contribution in [-0.4, -0.2) is 42.0 Å². The highest BCUT2D eigenvalue weighted by molar-refractivity contribution is 5.90. The highest BCUT2D eigenvalue weighted by Gasteiger charge is 2.22. The Labute approximate surface area is 152 Å². The number of carbonyl (C=O) groups is 1. The van der Waals surface area contributed by atoms with E-state index >= 15 is 0 Å². The predicted octanol–water partition coefficient (Wildman–Crippen LogP) is 3.57. The number of aryl methyl sites for hydroxylation is 2. The van der Waals surface area contributed by atoms with Crippen molar-refractivity contribution >= 4 is 23.1 Å². The number of nitrogens with zero attached hydrogens (tertiary/aromatic N) is 3. The molecular formula is C19H22N4O3. The molecule has 0 unspecified atom stereocenters. The third kappa shape index (κ3) is 3.93. The third-order valence-corrected chi connectivity index (χ3v) is 4.63. The second-order valence-corrected chi connectivity index (χ2v) is 6.50. The Balaban J connectivity index is 1.58. The normalized spacial score (nSPS) is 14.2. The van der Waals surface area contributed by atoms with Gasteiger partial charge in [0.1, 0.15) is 0 Å². The largest absolute Gasteiger partial charge is 0.368 e. The van der Waals surface area contributed by atoms with Gasteiger partial charge in [-0.2, -0.15) is 0 Å². The van der Waals surface area contributed by atoms with Gasteiger partial charge in [0.05, 0.1) is 4.92 Å². The van der Waals surface area contributed by atoms with Crippen LogP contribution in [0, 0.1) is 24.0 Å². The van der Waals surface area contributed by atoms with Gasteiger partial charge in [-0.05, 0) is 43.2 Å². The average molecular weight is 354 g/mol. The van der Waals surface area contributed by atoms with Crippen LogP contribution in [0.2, 0.25) is 0 Å². The number of rotatable bonds is 3. The summed E-state index contributed by atoms with van der Waals surface area (Å²) < 4.78 is 0. The molecule has 0 bridgehead atoms. The second-order valence-electron chi connectivity index (χ2n) is 6.50. The minimum atomic E-state index is -0.403. The molecule has 0 aromatic heterocycles. The molecule has 26 heavy (non-hydrogen) atoms. The number of amides is 2. The summed E-state index contributed by atoms with van der Waals surface area (Å²) in [6.45, 7) is 6.57. The van der Waals surface area contributed by atoms with Crippen molar-refractivity contribution in [2.24, 2.45) is 0 Å². The Morgan fingerprint density at radius 2 is 1.69 bits per heavy atom. The molecule has 2 aromatic carbocycles. The van der Waals surface area contributed by atoms with Crippen LogP contribution in [0.4, 0.5) is 21.9 Å². The third-order valence-electron chi connectivity index (χ3n) is 4.63. The lowest BCUT2D eigenvalue weighted by atomic mass is 10.1. The summed E-state index contributed by atoms with van der Waals surface area (Å²) in [7, 11) is 0. The van der Waals surface area contributed by atoms with Crippen LogP contribution in [0.5, 0.6) is 0 Å². The second kappa shape index (κ2) is 7.43. The SMILES string of the molecule is Cc1ccc(C)c(NC(=O)N2CCN(c3ccc([N+](=O)[O-])cc3)CC2)c1. The van der Waals surface area contributed by atoms with Gasteiger partial charge in [0.15, 0.2) is 0 Å². The molecule has 1 N–H and O–H groups in total. The van der Waals surface area contributed by atoms with E-state index < -0.39 is 4.92 Å². The molecule has 1 saturated heterocycles. The van der Waals surface area contributed by atoms with E-state index in [9.17, 15) is 14.9 Å². The van der Waals surface area contributed by atoms with Gasteiger partial charge in [-0.25, -0.2) is 4.79 Å². The standard InChI is InChI=1S/C19H22N4O3/c1-14-3-4-15(2)18(13-14)20-19(24)22-11-9-21(10-12-22)16-5-7-17(8-6-16)23(25)26/h3-8,13H,9-12H2,1-2H3,(H,20,24). The maximum Gasteiger partial charge on any atom is 0.321 e. The summed E-state index contributed by atoms with van der Waals surface area (Å²) in [5, 5.41) is 13.7. The Kier molecular flexibility index (Phi) is 5.06. The summed E-state index contributed by atoms with van der Waals surface area (Å²) in [5.41, 5.74) is 4.00. The smallest absolute Gasteiger partial charge is 0.321 e. The van der Waals surface area contributed by atoms with Crippen molar-refractivity contribution < 1.29 is 9.72 Å². The van der Waals surface area contributed by atoms with Crippen molar-refractivity contribution in [2.75, 3.05) is 36.4 Å². The molecule has 1 aliphatic heterocycles. The maximum absolute atomic E-state index is 12.5. The minimum Gasteiger partial charge on any atom is -0.368 e. The first kappa shape index (κ1) is 17.7. The molecule has 1 fully saturated rings. The van der Waals surface area contributed by atoms with Gasteiger partial charge < -0.3 is 15.1 Å². The number of non-ortho nitro benzene ring substituents is 1. The van der Waals surface area contributed by atoms with Crippen molar-refractivity contribution in [2.45, 2.75) is 13.8 Å². The molecule has 0 atom stereocenters. The molecule has 0 saturated carbocycles. The number of nitrogens with one attached hydrogen (secondary N) is 1. The molecule has 3 rings (SSSR count). The van der Waals surface area contributed by atoms with Gasteiger partial charge in [0.25, 0.3) is 5.69 Å². The monoisotopic (exact) mass is 354 g/mol. The van der Waals surface area contributed by atoms with Crippen LogP contribution in [0.1, 0.15) is 11.1 Å². The first-order valence-electron chi connectivity index (χ1n) is 8.56. The Bertz CT molecular complexity index is 812. The van der Waals surface area contributed by atoms with Crippen LogP contribution in [-0.2, 0) is 0 Å². The van der Waals surface area contributed by atoms with E-state index in [1.807, 2.05) is 32.0 Å². The molecule has 1 heterocycles. The molecule has 0 radical (unpaired) electrons. The average Bonchev–Trinajstić information content (AvgIpc) is 2.65. The van der Waals surface area contributed by atoms with E-state index in [1.54, 1.807) is 17.0 Å². The highest BCUT2D eigenvalue weighted by atomic mass is 16.6. The molecule has 136 valence electrons. The first-order chi connectivity index (χ1) is 12.4. The molecule has 7 heteroatoms. The lowest BCUT2D eigenvalue weighted by Gasteiger charge is -2.36. The number of nitro benzene ring substituents is 1. The lowest BCUT2D eigenvalue weighted by Crippen LogP contribution is -2.50. The summed E-state index contributed by atoms with van der Waals surface area (Å²) in [4.78, 5) is 26.8. The summed E-state index contributed by atoms with van der Waals surface area (Å²) in [6.07, 6.45) is 0. The molecule has 0 aliphatic carbocycles. The van der Waals surface area contributed by atoms with Crippen LogP contribution in [0.3, 0.4) is 0 Å². The Morgan fingerprint density at radius 1 is 1.04 bits per heavy atom. The van der Waals surface area contributed by atoms with Crippen LogP contribution in [0.25, 0.3) is 0 Å². The summed E-state index contributed by atoms with van der Waals surface area (Å²) >= 11 is 0. The van der Waals surface area contributed by atoms with E-state index in [2.05, 4.69) is 10.2 Å². The first-order valence-corrected chi connectivity index (χ1v) is 8.56. The molecule has 2 aromatic rings. The molecule has 2 amide bonds. The van der Waals surface area contributed by atoms with E-state index in [0.29, 0.717) is 26.2 Å². The number of piperazine rings is 1. The Hall–Kier alpha value is -3.09. The van der Waals surface area contributed by atoms with Crippen molar-refractivity contribution in [1.82, 2.24) is 4.90 Å². The van der Waals surface area contributed by atoms with E-state index in [0.717, 1.165) is 22.5 Å². The van der Waals surface area contributed by atoms with Gasteiger partial charge in [0, 0.05) is 49.7 Å². The number of carbonyl (C=O) groups excluding carboxylic acids is 1. The molecule has 1 aliphatic rings. The zero-order valence-corrected chi connectivity index (χ0v) is 14.9. The fraction of sp³-hybridized carbons (Fsp3) is 0.316. The molecular weight excluding hydrogens is 332 g/mol. The van der Waals surface area contributed by atoms with Gasteiger partial charge in [-0.1, -0.05) is 12.1 Å². The van der Waals surface area contributed by atoms with Crippen LogP contribution in [0.15, 0.2) is 42.5 Å². The summed E-state index contributed by atoms with van der Waals surface area (Å²) in [6, 6.07) is 12.4. The van der Waals surface area contributed by atoms with Gasteiger partial charge in [-0.3, -0.25) is 10.1 Å².